The lowest BCUT2D eigenvalue weighted by atomic mass is 9.82. The number of amides is 1. The molecule has 0 N–H and O–H groups in total. The minimum absolute atomic E-state index is 0.129. The second kappa shape index (κ2) is 6.01. The molecule has 2 bridgehead atoms. The molecular formula is C20H24N4O4. The van der Waals surface area contributed by atoms with Crippen molar-refractivity contribution in [1.82, 2.24) is 19.0 Å². The van der Waals surface area contributed by atoms with Crippen LogP contribution in [0.4, 0.5) is 0 Å². The van der Waals surface area contributed by atoms with Gasteiger partial charge in [-0.15, -0.1) is 0 Å². The molecule has 2 aliphatic carbocycles. The van der Waals surface area contributed by atoms with E-state index in [-0.39, 0.29) is 22.5 Å². The number of nitrogens with zero attached hydrogens (tertiary/aromatic N) is 4. The molecule has 2 aromatic rings. The number of aromatic nitrogens is 3. The number of aryl methyl sites for hydroxylation is 1. The molecule has 1 spiro atoms. The molecule has 1 saturated heterocycles. The Hall–Kier alpha value is -2.48. The van der Waals surface area contributed by atoms with Gasteiger partial charge in [-0.25, -0.2) is 9.78 Å². The van der Waals surface area contributed by atoms with Gasteiger partial charge in [-0.1, -0.05) is 0 Å². The Morgan fingerprint density at radius 3 is 2.79 bits per heavy atom. The molecule has 3 atom stereocenters. The normalized spacial score (nSPS) is 29.1. The zero-order valence-corrected chi connectivity index (χ0v) is 16.2. The lowest BCUT2D eigenvalue weighted by Gasteiger charge is -2.45. The number of carbonyl (C=O) groups is 1. The van der Waals surface area contributed by atoms with E-state index in [1.54, 1.807) is 13.1 Å². The second-order valence-electron chi connectivity index (χ2n) is 8.52. The molecule has 1 amide bonds. The number of hydrogen-bond donors (Lipinski definition) is 0. The van der Waals surface area contributed by atoms with Gasteiger partial charge in [0.05, 0.1) is 29.7 Å². The molecule has 2 saturated carbocycles. The molecule has 8 nitrogen and oxygen atoms in total. The summed E-state index contributed by atoms with van der Waals surface area (Å²) in [7, 11) is 3.00. The van der Waals surface area contributed by atoms with Crippen LogP contribution in [0.25, 0.3) is 11.0 Å². The van der Waals surface area contributed by atoms with E-state index in [0.717, 1.165) is 16.9 Å². The standard InChI is InChI=1S/C20H24N4O4/c1-22-16-15(18(26)23(2)19(22)27)8-13(10-21-16)17(25)24-5-6-28-20(11-24)9-12-3-4-14(20)7-12/h8,10,12,14H,3-7,9,11H2,1-2H3. The number of rotatable bonds is 1. The molecule has 3 heterocycles. The highest BCUT2D eigenvalue weighted by Gasteiger charge is 2.54. The summed E-state index contributed by atoms with van der Waals surface area (Å²) < 4.78 is 8.57. The van der Waals surface area contributed by atoms with Gasteiger partial charge in [-0.05, 0) is 43.6 Å². The van der Waals surface area contributed by atoms with Crippen molar-refractivity contribution in [2.45, 2.75) is 31.3 Å². The first-order valence-electron chi connectivity index (χ1n) is 9.88. The smallest absolute Gasteiger partial charge is 0.332 e. The summed E-state index contributed by atoms with van der Waals surface area (Å²) in [6.07, 6.45) is 6.19. The molecule has 28 heavy (non-hydrogen) atoms. The molecule has 3 aliphatic rings. The fourth-order valence-corrected chi connectivity index (χ4v) is 5.51. The summed E-state index contributed by atoms with van der Waals surface area (Å²) in [5.41, 5.74) is -0.400. The highest BCUT2D eigenvalue weighted by molar-refractivity contribution is 5.96. The van der Waals surface area contributed by atoms with Crippen LogP contribution in [0.5, 0.6) is 0 Å². The predicted molar refractivity (Wildman–Crippen MR) is 102 cm³/mol. The van der Waals surface area contributed by atoms with E-state index in [2.05, 4.69) is 4.98 Å². The van der Waals surface area contributed by atoms with E-state index < -0.39 is 11.2 Å². The number of hydrogen-bond acceptors (Lipinski definition) is 5. The van der Waals surface area contributed by atoms with Gasteiger partial charge in [0.2, 0.25) is 0 Å². The van der Waals surface area contributed by atoms with Crippen molar-refractivity contribution in [2.24, 2.45) is 25.9 Å². The van der Waals surface area contributed by atoms with Gasteiger partial charge in [-0.2, -0.15) is 0 Å². The SMILES string of the molecule is Cn1c(=O)c2cc(C(=O)N3CCOC4(CC5CCC4C5)C3)cnc2n(C)c1=O. The quantitative estimate of drug-likeness (QED) is 0.721. The third-order valence-corrected chi connectivity index (χ3v) is 6.96. The van der Waals surface area contributed by atoms with E-state index in [1.807, 2.05) is 4.90 Å². The Morgan fingerprint density at radius 1 is 1.25 bits per heavy atom. The maximum atomic E-state index is 13.2. The largest absolute Gasteiger partial charge is 0.371 e. The molecule has 148 valence electrons. The lowest BCUT2D eigenvalue weighted by molar-refractivity contribution is -0.128. The number of morpholine rings is 1. The summed E-state index contributed by atoms with van der Waals surface area (Å²) in [4.78, 5) is 43.9. The van der Waals surface area contributed by atoms with Crippen molar-refractivity contribution in [3.63, 3.8) is 0 Å². The number of carbonyl (C=O) groups excluding carboxylic acids is 1. The van der Waals surface area contributed by atoms with E-state index in [9.17, 15) is 14.4 Å². The molecule has 0 aromatic carbocycles. The topological polar surface area (TPSA) is 86.4 Å². The Morgan fingerprint density at radius 2 is 2.07 bits per heavy atom. The Bertz CT molecular complexity index is 1100. The fraction of sp³-hybridized carbons (Fsp3) is 0.600. The van der Waals surface area contributed by atoms with Crippen molar-refractivity contribution in [3.05, 3.63) is 38.7 Å². The van der Waals surface area contributed by atoms with Crippen molar-refractivity contribution in [2.75, 3.05) is 19.7 Å². The Labute approximate surface area is 161 Å². The average Bonchev–Trinajstić information content (AvgIpc) is 3.31. The summed E-state index contributed by atoms with van der Waals surface area (Å²) in [5, 5.41) is 0.276. The molecule has 5 rings (SSSR count). The summed E-state index contributed by atoms with van der Waals surface area (Å²) in [6, 6.07) is 1.56. The molecule has 8 heteroatoms. The third-order valence-electron chi connectivity index (χ3n) is 6.96. The summed E-state index contributed by atoms with van der Waals surface area (Å²) >= 11 is 0. The van der Waals surface area contributed by atoms with Crippen molar-refractivity contribution < 1.29 is 9.53 Å². The van der Waals surface area contributed by atoms with Crippen LogP contribution < -0.4 is 11.2 Å². The van der Waals surface area contributed by atoms with Crippen molar-refractivity contribution in [3.8, 4) is 0 Å². The molecular weight excluding hydrogens is 360 g/mol. The third kappa shape index (κ3) is 2.40. The minimum atomic E-state index is -0.438. The lowest BCUT2D eigenvalue weighted by Crippen LogP contribution is -2.56. The van der Waals surface area contributed by atoms with E-state index >= 15 is 0 Å². The van der Waals surface area contributed by atoms with Crippen LogP contribution in [-0.2, 0) is 18.8 Å². The van der Waals surface area contributed by atoms with E-state index in [4.69, 9.17) is 4.74 Å². The monoisotopic (exact) mass is 384 g/mol. The van der Waals surface area contributed by atoms with Gasteiger partial charge in [0.25, 0.3) is 11.5 Å². The van der Waals surface area contributed by atoms with Crippen molar-refractivity contribution >= 4 is 16.9 Å². The van der Waals surface area contributed by atoms with Crippen LogP contribution in [0.2, 0.25) is 0 Å². The highest BCUT2D eigenvalue weighted by atomic mass is 16.5. The van der Waals surface area contributed by atoms with Crippen LogP contribution in [0.3, 0.4) is 0 Å². The van der Waals surface area contributed by atoms with Gasteiger partial charge in [-0.3, -0.25) is 18.7 Å². The van der Waals surface area contributed by atoms with Gasteiger partial charge >= 0.3 is 5.69 Å². The summed E-state index contributed by atoms with van der Waals surface area (Å²) in [5.74, 6) is 1.15. The molecule has 1 aliphatic heterocycles. The Kier molecular flexibility index (Phi) is 3.78. The maximum Gasteiger partial charge on any atom is 0.332 e. The first kappa shape index (κ1) is 17.6. The Balaban J connectivity index is 1.49. The second-order valence-corrected chi connectivity index (χ2v) is 8.52. The first-order chi connectivity index (χ1) is 13.4. The average molecular weight is 384 g/mol. The maximum absolute atomic E-state index is 13.2. The first-order valence-corrected chi connectivity index (χ1v) is 9.88. The van der Waals surface area contributed by atoms with Crippen LogP contribution in [0.1, 0.15) is 36.0 Å². The zero-order valence-electron chi connectivity index (χ0n) is 16.2. The predicted octanol–water partition coefficient (Wildman–Crippen LogP) is 0.663. The van der Waals surface area contributed by atoms with Gasteiger partial charge < -0.3 is 9.64 Å². The molecule has 3 fully saturated rings. The molecule has 0 radical (unpaired) electrons. The van der Waals surface area contributed by atoms with Crippen LogP contribution in [-0.4, -0.2) is 50.2 Å². The number of fused-ring (bicyclic) bond motifs is 4. The molecule has 2 aromatic heterocycles. The van der Waals surface area contributed by atoms with Gasteiger partial charge in [0.15, 0.2) is 0 Å². The highest BCUT2D eigenvalue weighted by Crippen LogP contribution is 2.53. The number of pyridine rings is 1. The van der Waals surface area contributed by atoms with Crippen molar-refractivity contribution in [1.29, 1.82) is 0 Å². The fourth-order valence-electron chi connectivity index (χ4n) is 5.51. The number of ether oxygens (including phenoxy) is 1. The van der Waals surface area contributed by atoms with Crippen LogP contribution in [0.15, 0.2) is 21.9 Å². The summed E-state index contributed by atoms with van der Waals surface area (Å²) in [6.45, 7) is 1.70. The van der Waals surface area contributed by atoms with Gasteiger partial charge in [0.1, 0.15) is 5.65 Å². The molecule has 3 unspecified atom stereocenters. The van der Waals surface area contributed by atoms with E-state index in [0.29, 0.717) is 31.2 Å². The van der Waals surface area contributed by atoms with Gasteiger partial charge in [0, 0.05) is 26.8 Å². The van der Waals surface area contributed by atoms with E-state index in [1.165, 1.54) is 37.1 Å². The van der Waals surface area contributed by atoms with Crippen LogP contribution >= 0.6 is 0 Å². The van der Waals surface area contributed by atoms with Crippen LogP contribution in [0, 0.1) is 11.8 Å². The minimum Gasteiger partial charge on any atom is -0.371 e. The zero-order chi connectivity index (χ0) is 19.6.